The summed E-state index contributed by atoms with van der Waals surface area (Å²) in [6.07, 6.45) is 0.883. The molecule has 4 aromatic rings. The first-order chi connectivity index (χ1) is 16.0. The molecule has 0 aliphatic rings. The molecule has 0 spiro atoms. The zero-order valence-corrected chi connectivity index (χ0v) is 19.1. The van der Waals surface area contributed by atoms with Crippen molar-refractivity contribution in [3.63, 3.8) is 0 Å². The Hall–Kier alpha value is -3.93. The molecule has 2 unspecified atom stereocenters. The molecule has 1 heterocycles. The van der Waals surface area contributed by atoms with Crippen molar-refractivity contribution in [3.05, 3.63) is 95.3 Å². The highest BCUT2D eigenvalue weighted by atomic mass is 16.2. The molecule has 2 atom stereocenters. The molecule has 0 saturated carbocycles. The molecule has 0 aliphatic carbocycles. The van der Waals surface area contributed by atoms with Gasteiger partial charge in [0.15, 0.2) is 0 Å². The molecule has 0 aliphatic heterocycles. The Morgan fingerprint density at radius 2 is 1.67 bits per heavy atom. The predicted octanol–water partition coefficient (Wildman–Crippen LogP) is 5.64. The van der Waals surface area contributed by atoms with Crippen molar-refractivity contribution in [3.8, 4) is 0 Å². The number of nitrogens with one attached hydrogen (secondary N) is 3. The van der Waals surface area contributed by atoms with Crippen molar-refractivity contribution in [2.75, 3.05) is 5.32 Å². The summed E-state index contributed by atoms with van der Waals surface area (Å²) >= 11 is 0. The van der Waals surface area contributed by atoms with Crippen LogP contribution in [-0.2, 0) is 0 Å². The Balaban J connectivity index is 1.57. The summed E-state index contributed by atoms with van der Waals surface area (Å²) in [4.78, 5) is 33.9. The minimum absolute atomic E-state index is 0.178. The van der Waals surface area contributed by atoms with Gasteiger partial charge in [0.25, 0.3) is 11.8 Å². The van der Waals surface area contributed by atoms with Crippen molar-refractivity contribution in [2.45, 2.75) is 33.2 Å². The van der Waals surface area contributed by atoms with E-state index in [1.54, 1.807) is 24.3 Å². The van der Waals surface area contributed by atoms with E-state index in [1.807, 2.05) is 55.5 Å². The molecule has 3 N–H and O–H groups in total. The molecular formula is C27H28N4O2. The van der Waals surface area contributed by atoms with Gasteiger partial charge >= 0.3 is 0 Å². The van der Waals surface area contributed by atoms with Crippen molar-refractivity contribution in [2.24, 2.45) is 5.92 Å². The fraction of sp³-hybridized carbons (Fsp3) is 0.222. The molecular weight excluding hydrogens is 412 g/mol. The van der Waals surface area contributed by atoms with E-state index in [2.05, 4.69) is 29.5 Å². The van der Waals surface area contributed by atoms with Crippen LogP contribution in [0, 0.1) is 12.8 Å². The molecule has 2 amide bonds. The third kappa shape index (κ3) is 4.95. The van der Waals surface area contributed by atoms with Crippen LogP contribution in [-0.4, -0.2) is 21.8 Å². The number of aromatic nitrogens is 2. The molecule has 6 heteroatoms. The number of H-pyrrole nitrogens is 1. The Labute approximate surface area is 193 Å². The van der Waals surface area contributed by atoms with Gasteiger partial charge in [-0.25, -0.2) is 4.98 Å². The van der Waals surface area contributed by atoms with Gasteiger partial charge in [0.1, 0.15) is 5.82 Å². The van der Waals surface area contributed by atoms with E-state index in [0.29, 0.717) is 16.8 Å². The number of amides is 2. The van der Waals surface area contributed by atoms with Crippen LogP contribution in [0.15, 0.2) is 72.8 Å². The molecule has 6 nitrogen and oxygen atoms in total. The Kier molecular flexibility index (Phi) is 6.54. The summed E-state index contributed by atoms with van der Waals surface area (Å²) in [7, 11) is 0. The van der Waals surface area contributed by atoms with Crippen LogP contribution in [0.25, 0.3) is 11.0 Å². The molecule has 0 fully saturated rings. The SMILES string of the molecule is CCC(C)C(NC(=O)c1ccc(C)c(NC(=O)c2ccccc2)c1)c1nc2ccccc2[nH]1. The van der Waals surface area contributed by atoms with E-state index < -0.39 is 0 Å². The molecule has 4 rings (SSSR count). The fourth-order valence-corrected chi connectivity index (χ4v) is 3.74. The van der Waals surface area contributed by atoms with Gasteiger partial charge in [0.2, 0.25) is 0 Å². The van der Waals surface area contributed by atoms with Crippen molar-refractivity contribution in [1.29, 1.82) is 0 Å². The predicted molar refractivity (Wildman–Crippen MR) is 131 cm³/mol. The fourth-order valence-electron chi connectivity index (χ4n) is 3.74. The highest BCUT2D eigenvalue weighted by molar-refractivity contribution is 6.05. The first-order valence-corrected chi connectivity index (χ1v) is 11.2. The van der Waals surface area contributed by atoms with E-state index in [-0.39, 0.29) is 23.8 Å². The van der Waals surface area contributed by atoms with E-state index in [4.69, 9.17) is 4.98 Å². The van der Waals surface area contributed by atoms with Crippen LogP contribution in [0.1, 0.15) is 58.4 Å². The lowest BCUT2D eigenvalue weighted by Crippen LogP contribution is -2.33. The smallest absolute Gasteiger partial charge is 0.255 e. The zero-order chi connectivity index (χ0) is 23.4. The molecule has 0 saturated heterocycles. The first-order valence-electron chi connectivity index (χ1n) is 11.2. The Morgan fingerprint density at radius 3 is 2.39 bits per heavy atom. The molecule has 0 radical (unpaired) electrons. The third-order valence-corrected chi connectivity index (χ3v) is 5.99. The highest BCUT2D eigenvalue weighted by Gasteiger charge is 2.24. The molecule has 0 bridgehead atoms. The van der Waals surface area contributed by atoms with Gasteiger partial charge in [-0.1, -0.05) is 56.7 Å². The number of carbonyl (C=O) groups is 2. The number of aromatic amines is 1. The summed E-state index contributed by atoms with van der Waals surface area (Å²) < 4.78 is 0. The van der Waals surface area contributed by atoms with Crippen LogP contribution >= 0.6 is 0 Å². The average Bonchev–Trinajstić information content (AvgIpc) is 3.27. The van der Waals surface area contributed by atoms with Gasteiger partial charge in [-0.2, -0.15) is 0 Å². The topological polar surface area (TPSA) is 86.9 Å². The second-order valence-corrected chi connectivity index (χ2v) is 8.33. The first kappa shape index (κ1) is 22.3. The van der Waals surface area contributed by atoms with Crippen LogP contribution in [0.3, 0.4) is 0 Å². The number of hydrogen-bond donors (Lipinski definition) is 3. The number of para-hydroxylation sites is 2. The maximum Gasteiger partial charge on any atom is 0.255 e. The standard InChI is InChI=1S/C27H28N4O2/c1-4-17(2)24(25-28-21-12-8-9-13-22(21)29-25)31-27(33)20-15-14-18(3)23(16-20)30-26(32)19-10-6-5-7-11-19/h5-17,24H,4H2,1-3H3,(H,28,29)(H,30,32)(H,31,33). The van der Waals surface area contributed by atoms with Gasteiger partial charge in [0.05, 0.1) is 17.1 Å². The summed E-state index contributed by atoms with van der Waals surface area (Å²) in [5.41, 5.74) is 4.35. The van der Waals surface area contributed by atoms with Crippen LogP contribution in [0.2, 0.25) is 0 Å². The van der Waals surface area contributed by atoms with Crippen LogP contribution in [0.5, 0.6) is 0 Å². The highest BCUT2D eigenvalue weighted by Crippen LogP contribution is 2.26. The second-order valence-electron chi connectivity index (χ2n) is 8.33. The lowest BCUT2D eigenvalue weighted by molar-refractivity contribution is 0.0919. The summed E-state index contributed by atoms with van der Waals surface area (Å²) in [5, 5.41) is 6.07. The largest absolute Gasteiger partial charge is 0.342 e. The minimum Gasteiger partial charge on any atom is -0.342 e. The quantitative estimate of drug-likeness (QED) is 0.347. The Bertz CT molecular complexity index is 1250. The van der Waals surface area contributed by atoms with Crippen molar-refractivity contribution in [1.82, 2.24) is 15.3 Å². The number of hydrogen-bond acceptors (Lipinski definition) is 3. The van der Waals surface area contributed by atoms with Crippen molar-refractivity contribution < 1.29 is 9.59 Å². The second kappa shape index (κ2) is 9.69. The number of rotatable bonds is 7. The maximum absolute atomic E-state index is 13.2. The summed E-state index contributed by atoms with van der Waals surface area (Å²) in [6.45, 7) is 6.09. The van der Waals surface area contributed by atoms with Gasteiger partial charge in [-0.3, -0.25) is 9.59 Å². The summed E-state index contributed by atoms with van der Waals surface area (Å²) in [6, 6.07) is 21.9. The number of anilines is 1. The molecule has 168 valence electrons. The third-order valence-electron chi connectivity index (χ3n) is 5.99. The molecule has 33 heavy (non-hydrogen) atoms. The normalized spacial score (nSPS) is 12.8. The maximum atomic E-state index is 13.2. The van der Waals surface area contributed by atoms with E-state index in [0.717, 1.165) is 28.8 Å². The lowest BCUT2D eigenvalue weighted by atomic mass is 9.98. The average molecular weight is 441 g/mol. The molecule has 1 aromatic heterocycles. The Morgan fingerprint density at radius 1 is 0.939 bits per heavy atom. The van der Waals surface area contributed by atoms with Gasteiger partial charge in [-0.05, 0) is 54.8 Å². The zero-order valence-electron chi connectivity index (χ0n) is 19.1. The number of benzene rings is 3. The van der Waals surface area contributed by atoms with Gasteiger partial charge in [-0.15, -0.1) is 0 Å². The monoisotopic (exact) mass is 440 g/mol. The molecule has 3 aromatic carbocycles. The number of carbonyl (C=O) groups excluding carboxylic acids is 2. The lowest BCUT2D eigenvalue weighted by Gasteiger charge is -2.23. The van der Waals surface area contributed by atoms with Crippen LogP contribution < -0.4 is 10.6 Å². The van der Waals surface area contributed by atoms with E-state index in [9.17, 15) is 9.59 Å². The summed E-state index contributed by atoms with van der Waals surface area (Å²) in [5.74, 6) is 0.493. The number of imidazole rings is 1. The van der Waals surface area contributed by atoms with Gasteiger partial charge in [0, 0.05) is 16.8 Å². The minimum atomic E-state index is -0.265. The van der Waals surface area contributed by atoms with E-state index in [1.165, 1.54) is 0 Å². The number of nitrogens with zero attached hydrogens (tertiary/aromatic N) is 1. The van der Waals surface area contributed by atoms with Crippen LogP contribution in [0.4, 0.5) is 5.69 Å². The van der Waals surface area contributed by atoms with E-state index >= 15 is 0 Å². The van der Waals surface area contributed by atoms with Crippen molar-refractivity contribution >= 4 is 28.5 Å². The number of fused-ring (bicyclic) bond motifs is 1. The number of aryl methyl sites for hydroxylation is 1. The van der Waals surface area contributed by atoms with Gasteiger partial charge < -0.3 is 15.6 Å².